The Morgan fingerprint density at radius 2 is 2.28 bits per heavy atom. The Morgan fingerprint density at radius 1 is 1.50 bits per heavy atom. The number of aromatic nitrogens is 2. The van der Waals surface area contributed by atoms with Crippen molar-refractivity contribution < 1.29 is 0 Å². The SMILES string of the molecule is N#Cc1cccc(Cn2cnc(Cl)c(I)c2=O)c1. The largest absolute Gasteiger partial charge is 0.294 e. The van der Waals surface area contributed by atoms with Crippen LogP contribution in [0, 0.1) is 14.9 Å². The average molecular weight is 372 g/mol. The maximum absolute atomic E-state index is 11.9. The zero-order valence-electron chi connectivity index (χ0n) is 9.10. The van der Waals surface area contributed by atoms with E-state index in [1.54, 1.807) is 18.2 Å². The second-order valence-corrected chi connectivity index (χ2v) is 5.03. The lowest BCUT2D eigenvalue weighted by Crippen LogP contribution is -2.23. The van der Waals surface area contributed by atoms with E-state index in [4.69, 9.17) is 16.9 Å². The van der Waals surface area contributed by atoms with Gasteiger partial charge in [-0.3, -0.25) is 9.36 Å². The van der Waals surface area contributed by atoms with E-state index in [2.05, 4.69) is 11.1 Å². The number of nitriles is 1. The Morgan fingerprint density at radius 3 is 3.00 bits per heavy atom. The molecule has 18 heavy (non-hydrogen) atoms. The van der Waals surface area contributed by atoms with Gasteiger partial charge in [0.05, 0.1) is 24.5 Å². The lowest BCUT2D eigenvalue weighted by Gasteiger charge is -2.06. The van der Waals surface area contributed by atoms with Crippen molar-refractivity contribution in [2.24, 2.45) is 0 Å². The molecule has 0 saturated carbocycles. The normalized spacial score (nSPS) is 10.1. The highest BCUT2D eigenvalue weighted by Crippen LogP contribution is 2.11. The van der Waals surface area contributed by atoms with Crippen LogP contribution in [0.25, 0.3) is 0 Å². The van der Waals surface area contributed by atoms with E-state index >= 15 is 0 Å². The fourth-order valence-corrected chi connectivity index (χ4v) is 2.07. The number of hydrogen-bond donors (Lipinski definition) is 0. The number of benzene rings is 1. The van der Waals surface area contributed by atoms with Crippen LogP contribution >= 0.6 is 34.2 Å². The van der Waals surface area contributed by atoms with Gasteiger partial charge in [-0.05, 0) is 40.3 Å². The molecule has 0 bridgehead atoms. The molecule has 4 nitrogen and oxygen atoms in total. The third kappa shape index (κ3) is 2.71. The molecule has 6 heteroatoms. The van der Waals surface area contributed by atoms with Gasteiger partial charge in [-0.15, -0.1) is 0 Å². The minimum Gasteiger partial charge on any atom is -0.294 e. The Bertz CT molecular complexity index is 690. The molecule has 0 aliphatic heterocycles. The third-order valence-corrected chi connectivity index (χ3v) is 3.93. The molecule has 0 radical (unpaired) electrons. The molecule has 0 aliphatic carbocycles. The summed E-state index contributed by atoms with van der Waals surface area (Å²) in [7, 11) is 0. The summed E-state index contributed by atoms with van der Waals surface area (Å²) >= 11 is 7.63. The highest BCUT2D eigenvalue weighted by molar-refractivity contribution is 14.1. The second-order valence-electron chi connectivity index (χ2n) is 3.59. The maximum Gasteiger partial charge on any atom is 0.268 e. The fourth-order valence-electron chi connectivity index (χ4n) is 1.49. The van der Waals surface area contributed by atoms with Gasteiger partial charge in [-0.2, -0.15) is 5.26 Å². The van der Waals surface area contributed by atoms with Crippen LogP contribution in [0.5, 0.6) is 0 Å². The molecule has 0 fully saturated rings. The Hall–Kier alpha value is -1.39. The molecule has 0 spiro atoms. The monoisotopic (exact) mass is 371 g/mol. The van der Waals surface area contributed by atoms with E-state index in [1.807, 2.05) is 28.7 Å². The van der Waals surface area contributed by atoms with Crippen LogP contribution in [0.4, 0.5) is 0 Å². The molecule has 0 aliphatic rings. The standard InChI is InChI=1S/C12H7ClIN3O/c13-11-10(14)12(18)17(7-16-11)6-9-3-1-2-8(4-9)5-15/h1-4,7H,6H2. The van der Waals surface area contributed by atoms with Crippen LogP contribution in [0.15, 0.2) is 35.4 Å². The molecule has 0 N–H and O–H groups in total. The van der Waals surface area contributed by atoms with Crippen molar-refractivity contribution >= 4 is 34.2 Å². The predicted octanol–water partition coefficient (Wildman–Crippen LogP) is 2.42. The van der Waals surface area contributed by atoms with E-state index in [9.17, 15) is 4.79 Å². The van der Waals surface area contributed by atoms with Gasteiger partial charge in [0.15, 0.2) is 0 Å². The minimum atomic E-state index is -0.182. The van der Waals surface area contributed by atoms with Crippen molar-refractivity contribution in [3.8, 4) is 6.07 Å². The van der Waals surface area contributed by atoms with E-state index in [-0.39, 0.29) is 10.7 Å². The van der Waals surface area contributed by atoms with Crippen LogP contribution < -0.4 is 5.56 Å². The van der Waals surface area contributed by atoms with Crippen molar-refractivity contribution in [3.05, 3.63) is 60.8 Å². The molecule has 2 aromatic rings. The fraction of sp³-hybridized carbons (Fsp3) is 0.0833. The zero-order valence-corrected chi connectivity index (χ0v) is 12.0. The van der Waals surface area contributed by atoms with Gasteiger partial charge >= 0.3 is 0 Å². The number of hydrogen-bond acceptors (Lipinski definition) is 3. The maximum atomic E-state index is 11.9. The summed E-state index contributed by atoms with van der Waals surface area (Å²) < 4.78 is 1.86. The van der Waals surface area contributed by atoms with Crippen LogP contribution in [0.2, 0.25) is 5.15 Å². The molecule has 2 rings (SSSR count). The average Bonchev–Trinajstić information content (AvgIpc) is 2.40. The molecule has 0 amide bonds. The topological polar surface area (TPSA) is 58.7 Å². The first-order valence-corrected chi connectivity index (χ1v) is 6.47. The van der Waals surface area contributed by atoms with Crippen molar-refractivity contribution in [1.29, 1.82) is 5.26 Å². The number of nitrogens with zero attached hydrogens (tertiary/aromatic N) is 3. The molecule has 1 aromatic heterocycles. The Kier molecular flexibility index (Phi) is 3.99. The van der Waals surface area contributed by atoms with Gasteiger partial charge in [-0.1, -0.05) is 23.7 Å². The first-order chi connectivity index (χ1) is 8.61. The molecule has 1 aromatic carbocycles. The first kappa shape index (κ1) is 13.1. The van der Waals surface area contributed by atoms with E-state index in [0.29, 0.717) is 15.7 Å². The highest BCUT2D eigenvalue weighted by atomic mass is 127. The summed E-state index contributed by atoms with van der Waals surface area (Å²) in [6, 6.07) is 9.17. The van der Waals surface area contributed by atoms with Crippen LogP contribution in [-0.4, -0.2) is 9.55 Å². The molecule has 0 atom stereocenters. The van der Waals surface area contributed by atoms with Gasteiger partial charge in [0.2, 0.25) is 0 Å². The molecule has 1 heterocycles. The molecular formula is C12H7ClIN3O. The number of rotatable bonds is 2. The predicted molar refractivity (Wildman–Crippen MR) is 76.5 cm³/mol. The summed E-state index contributed by atoms with van der Waals surface area (Å²) in [5, 5.41) is 9.02. The van der Waals surface area contributed by atoms with Crippen LogP contribution in [-0.2, 0) is 6.54 Å². The van der Waals surface area contributed by atoms with E-state index < -0.39 is 0 Å². The van der Waals surface area contributed by atoms with E-state index in [1.165, 1.54) is 10.9 Å². The van der Waals surface area contributed by atoms with Crippen LogP contribution in [0.3, 0.4) is 0 Å². The minimum absolute atomic E-state index is 0.182. The summed E-state index contributed by atoms with van der Waals surface area (Å²) in [6.45, 7) is 0.370. The van der Waals surface area contributed by atoms with Crippen molar-refractivity contribution in [3.63, 3.8) is 0 Å². The quantitative estimate of drug-likeness (QED) is 0.602. The lowest BCUT2D eigenvalue weighted by molar-refractivity contribution is 0.730. The van der Waals surface area contributed by atoms with Crippen LogP contribution in [0.1, 0.15) is 11.1 Å². The summed E-state index contributed by atoms with van der Waals surface area (Å²) in [5.41, 5.74) is 1.26. The Balaban J connectivity index is 2.38. The van der Waals surface area contributed by atoms with Crippen molar-refractivity contribution in [2.45, 2.75) is 6.54 Å². The van der Waals surface area contributed by atoms with Gasteiger partial charge in [-0.25, -0.2) is 4.98 Å². The van der Waals surface area contributed by atoms with Gasteiger partial charge in [0.25, 0.3) is 5.56 Å². The summed E-state index contributed by atoms with van der Waals surface area (Å²) in [4.78, 5) is 15.8. The van der Waals surface area contributed by atoms with E-state index in [0.717, 1.165) is 5.56 Å². The van der Waals surface area contributed by atoms with Gasteiger partial charge in [0, 0.05) is 0 Å². The Labute approximate surface area is 122 Å². The lowest BCUT2D eigenvalue weighted by atomic mass is 10.1. The number of halogens is 2. The molecular weight excluding hydrogens is 365 g/mol. The van der Waals surface area contributed by atoms with Crippen molar-refractivity contribution in [1.82, 2.24) is 9.55 Å². The third-order valence-electron chi connectivity index (χ3n) is 2.35. The summed E-state index contributed by atoms with van der Waals surface area (Å²) in [6.07, 6.45) is 1.41. The highest BCUT2D eigenvalue weighted by Gasteiger charge is 2.07. The second kappa shape index (κ2) is 5.50. The molecule has 0 saturated heterocycles. The first-order valence-electron chi connectivity index (χ1n) is 5.01. The van der Waals surface area contributed by atoms with Crippen molar-refractivity contribution in [2.75, 3.05) is 0 Å². The van der Waals surface area contributed by atoms with Gasteiger partial charge < -0.3 is 0 Å². The zero-order chi connectivity index (χ0) is 13.1. The van der Waals surface area contributed by atoms with Gasteiger partial charge in [0.1, 0.15) is 8.72 Å². The molecule has 90 valence electrons. The molecule has 0 unspecified atom stereocenters. The smallest absolute Gasteiger partial charge is 0.268 e. The summed E-state index contributed by atoms with van der Waals surface area (Å²) in [5.74, 6) is 0.